The first kappa shape index (κ1) is 16.5. The molecule has 1 rings (SSSR count). The SMILES string of the molecule is CCCCCCC(CSc1ccccc1F)NCC. The summed E-state index contributed by atoms with van der Waals surface area (Å²) in [6, 6.07) is 7.53. The molecule has 0 heterocycles. The van der Waals surface area contributed by atoms with Gasteiger partial charge in [0.25, 0.3) is 0 Å². The smallest absolute Gasteiger partial charge is 0.136 e. The lowest BCUT2D eigenvalue weighted by Crippen LogP contribution is -2.31. The molecular formula is C16H26FNS. The third kappa shape index (κ3) is 6.98. The Morgan fingerprint density at radius 1 is 1.16 bits per heavy atom. The minimum absolute atomic E-state index is 0.103. The van der Waals surface area contributed by atoms with Crippen molar-refractivity contribution < 1.29 is 4.39 Å². The van der Waals surface area contributed by atoms with Crippen molar-refractivity contribution in [3.8, 4) is 0 Å². The van der Waals surface area contributed by atoms with Gasteiger partial charge in [-0.3, -0.25) is 0 Å². The third-order valence-electron chi connectivity index (χ3n) is 3.18. The zero-order chi connectivity index (χ0) is 13.9. The van der Waals surface area contributed by atoms with E-state index in [1.807, 2.05) is 12.1 Å². The maximum Gasteiger partial charge on any atom is 0.136 e. The van der Waals surface area contributed by atoms with E-state index < -0.39 is 0 Å². The molecule has 3 heteroatoms. The van der Waals surface area contributed by atoms with E-state index in [9.17, 15) is 4.39 Å². The molecule has 1 aromatic rings. The fourth-order valence-electron chi connectivity index (χ4n) is 2.10. The van der Waals surface area contributed by atoms with Crippen LogP contribution in [0.4, 0.5) is 4.39 Å². The molecular weight excluding hydrogens is 257 g/mol. The number of hydrogen-bond acceptors (Lipinski definition) is 2. The molecule has 0 aromatic heterocycles. The van der Waals surface area contributed by atoms with E-state index in [-0.39, 0.29) is 5.82 Å². The van der Waals surface area contributed by atoms with Crippen LogP contribution in [0, 0.1) is 5.82 Å². The van der Waals surface area contributed by atoms with Crippen LogP contribution in [-0.2, 0) is 0 Å². The molecule has 0 amide bonds. The quantitative estimate of drug-likeness (QED) is 0.486. The molecule has 108 valence electrons. The number of nitrogens with one attached hydrogen (secondary N) is 1. The molecule has 0 radical (unpaired) electrons. The van der Waals surface area contributed by atoms with Crippen molar-refractivity contribution in [2.75, 3.05) is 12.3 Å². The summed E-state index contributed by atoms with van der Waals surface area (Å²) in [5.74, 6) is 0.842. The molecule has 0 saturated heterocycles. The first-order chi connectivity index (χ1) is 9.27. The van der Waals surface area contributed by atoms with Gasteiger partial charge in [-0.1, -0.05) is 51.7 Å². The largest absolute Gasteiger partial charge is 0.313 e. The zero-order valence-corrected chi connectivity index (χ0v) is 12.9. The molecule has 0 spiro atoms. The summed E-state index contributed by atoms with van der Waals surface area (Å²) in [4.78, 5) is 0.763. The zero-order valence-electron chi connectivity index (χ0n) is 12.1. The van der Waals surface area contributed by atoms with Gasteiger partial charge in [-0.25, -0.2) is 4.39 Å². The Hall–Kier alpha value is -0.540. The van der Waals surface area contributed by atoms with E-state index in [0.717, 1.165) is 17.2 Å². The first-order valence-corrected chi connectivity index (χ1v) is 8.37. The average Bonchev–Trinajstić information content (AvgIpc) is 2.42. The molecule has 0 bridgehead atoms. The monoisotopic (exact) mass is 283 g/mol. The highest BCUT2D eigenvalue weighted by Crippen LogP contribution is 2.23. The van der Waals surface area contributed by atoms with E-state index in [1.165, 1.54) is 38.2 Å². The highest BCUT2D eigenvalue weighted by molar-refractivity contribution is 7.99. The van der Waals surface area contributed by atoms with Gasteiger partial charge >= 0.3 is 0 Å². The van der Waals surface area contributed by atoms with Gasteiger partial charge in [0.2, 0.25) is 0 Å². The normalized spacial score (nSPS) is 12.6. The molecule has 0 aliphatic carbocycles. The summed E-state index contributed by atoms with van der Waals surface area (Å²) in [5, 5.41) is 3.51. The molecule has 0 aliphatic heterocycles. The van der Waals surface area contributed by atoms with Crippen LogP contribution in [0.25, 0.3) is 0 Å². The second-order valence-corrected chi connectivity index (χ2v) is 5.91. The van der Waals surface area contributed by atoms with Crippen molar-refractivity contribution in [1.29, 1.82) is 0 Å². The minimum Gasteiger partial charge on any atom is -0.313 e. The summed E-state index contributed by atoms with van der Waals surface area (Å²) < 4.78 is 13.5. The first-order valence-electron chi connectivity index (χ1n) is 7.38. The number of halogens is 1. The van der Waals surface area contributed by atoms with Gasteiger partial charge in [-0.05, 0) is 25.1 Å². The molecule has 1 nitrogen and oxygen atoms in total. The Labute approximate surface area is 121 Å². The fourth-order valence-corrected chi connectivity index (χ4v) is 3.15. The van der Waals surface area contributed by atoms with Crippen LogP contribution >= 0.6 is 11.8 Å². The number of rotatable bonds is 10. The van der Waals surface area contributed by atoms with Gasteiger partial charge in [-0.2, -0.15) is 0 Å². The summed E-state index contributed by atoms with van der Waals surface area (Å²) in [5.41, 5.74) is 0. The Balaban J connectivity index is 2.34. The molecule has 19 heavy (non-hydrogen) atoms. The standard InChI is InChI=1S/C16H26FNS/c1-3-5-6-7-10-14(18-4-2)13-19-16-12-9-8-11-15(16)17/h8-9,11-12,14,18H,3-7,10,13H2,1-2H3. The molecule has 0 fully saturated rings. The highest BCUT2D eigenvalue weighted by Gasteiger charge is 2.09. The van der Waals surface area contributed by atoms with Gasteiger partial charge < -0.3 is 5.32 Å². The predicted molar refractivity (Wildman–Crippen MR) is 83.3 cm³/mol. The predicted octanol–water partition coefficient (Wildman–Crippen LogP) is 4.87. The van der Waals surface area contributed by atoms with Crippen LogP contribution in [-0.4, -0.2) is 18.3 Å². The second kappa shape index (κ2) is 10.3. The molecule has 1 N–H and O–H groups in total. The van der Waals surface area contributed by atoms with E-state index >= 15 is 0 Å². The maximum absolute atomic E-state index is 13.5. The van der Waals surface area contributed by atoms with Crippen LogP contribution in [0.2, 0.25) is 0 Å². The number of unbranched alkanes of at least 4 members (excludes halogenated alkanes) is 3. The average molecular weight is 283 g/mol. The van der Waals surface area contributed by atoms with Crippen LogP contribution in [0.3, 0.4) is 0 Å². The number of benzene rings is 1. The molecule has 1 aromatic carbocycles. The third-order valence-corrected chi connectivity index (χ3v) is 4.39. The van der Waals surface area contributed by atoms with Crippen LogP contribution in [0.15, 0.2) is 29.2 Å². The van der Waals surface area contributed by atoms with E-state index in [0.29, 0.717) is 6.04 Å². The highest BCUT2D eigenvalue weighted by atomic mass is 32.2. The number of thioether (sulfide) groups is 1. The van der Waals surface area contributed by atoms with Crippen molar-refractivity contribution in [2.24, 2.45) is 0 Å². The van der Waals surface area contributed by atoms with Gasteiger partial charge in [0.05, 0.1) is 0 Å². The van der Waals surface area contributed by atoms with E-state index in [2.05, 4.69) is 19.2 Å². The van der Waals surface area contributed by atoms with Gasteiger partial charge in [0.15, 0.2) is 0 Å². The molecule has 1 unspecified atom stereocenters. The van der Waals surface area contributed by atoms with Crippen molar-refractivity contribution in [3.05, 3.63) is 30.1 Å². The van der Waals surface area contributed by atoms with Crippen molar-refractivity contribution >= 4 is 11.8 Å². The van der Waals surface area contributed by atoms with Crippen LogP contribution in [0.5, 0.6) is 0 Å². The van der Waals surface area contributed by atoms with E-state index in [4.69, 9.17) is 0 Å². The summed E-state index contributed by atoms with van der Waals surface area (Å²) >= 11 is 1.62. The lowest BCUT2D eigenvalue weighted by molar-refractivity contribution is 0.500. The lowest BCUT2D eigenvalue weighted by Gasteiger charge is -2.17. The van der Waals surface area contributed by atoms with Crippen molar-refractivity contribution in [3.63, 3.8) is 0 Å². The minimum atomic E-state index is -0.103. The summed E-state index contributed by atoms with van der Waals surface area (Å²) in [6.45, 7) is 5.35. The molecule has 0 saturated carbocycles. The Kier molecular flexibility index (Phi) is 8.93. The number of hydrogen-bond donors (Lipinski definition) is 1. The second-order valence-electron chi connectivity index (χ2n) is 4.85. The Morgan fingerprint density at radius 2 is 1.95 bits per heavy atom. The fraction of sp³-hybridized carbons (Fsp3) is 0.625. The Bertz CT molecular complexity index is 343. The summed E-state index contributed by atoms with van der Waals surface area (Å²) in [7, 11) is 0. The summed E-state index contributed by atoms with van der Waals surface area (Å²) in [6.07, 6.45) is 6.36. The molecule has 0 aliphatic rings. The maximum atomic E-state index is 13.5. The van der Waals surface area contributed by atoms with Crippen molar-refractivity contribution in [2.45, 2.75) is 56.9 Å². The van der Waals surface area contributed by atoms with Crippen molar-refractivity contribution in [1.82, 2.24) is 5.32 Å². The van der Waals surface area contributed by atoms with Crippen LogP contribution in [0.1, 0.15) is 46.0 Å². The topological polar surface area (TPSA) is 12.0 Å². The van der Waals surface area contributed by atoms with Gasteiger partial charge in [0.1, 0.15) is 5.82 Å². The van der Waals surface area contributed by atoms with Gasteiger partial charge in [0, 0.05) is 16.7 Å². The molecule has 1 atom stereocenters. The lowest BCUT2D eigenvalue weighted by atomic mass is 10.1. The van der Waals surface area contributed by atoms with Crippen LogP contribution < -0.4 is 5.32 Å². The van der Waals surface area contributed by atoms with Gasteiger partial charge in [-0.15, -0.1) is 11.8 Å². The van der Waals surface area contributed by atoms with E-state index in [1.54, 1.807) is 17.8 Å². The Morgan fingerprint density at radius 3 is 2.63 bits per heavy atom.